The van der Waals surface area contributed by atoms with Crippen LogP contribution in [0.4, 0.5) is 0 Å². The van der Waals surface area contributed by atoms with Crippen LogP contribution in [0.3, 0.4) is 0 Å². The fourth-order valence-corrected chi connectivity index (χ4v) is 6.25. The lowest BCUT2D eigenvalue weighted by atomic mass is 10.0. The summed E-state index contributed by atoms with van der Waals surface area (Å²) in [5, 5.41) is 0.924. The van der Waals surface area contributed by atoms with Crippen LogP contribution in [0.1, 0.15) is 49.9 Å². The molecule has 2 aliphatic rings. The maximum Gasteiger partial charge on any atom is 0.261 e. The van der Waals surface area contributed by atoms with Gasteiger partial charge in [-0.1, -0.05) is 72.8 Å². The number of hydrogen-bond donors (Lipinski definition) is 0. The summed E-state index contributed by atoms with van der Waals surface area (Å²) in [6, 6.07) is 28.6. The summed E-state index contributed by atoms with van der Waals surface area (Å²) >= 11 is 2.06. The van der Waals surface area contributed by atoms with E-state index >= 15 is 0 Å². The summed E-state index contributed by atoms with van der Waals surface area (Å²) in [6.45, 7) is 3.19. The SMILES string of the molecule is O=C1c2ccccc2C(=O)N1CCN1CCC(SC(c2ccccc2)c2ccccc2)CC1. The van der Waals surface area contributed by atoms with Gasteiger partial charge in [-0.2, -0.15) is 0 Å². The van der Waals surface area contributed by atoms with Crippen LogP contribution in [0.15, 0.2) is 84.9 Å². The maximum absolute atomic E-state index is 12.6. The summed E-state index contributed by atoms with van der Waals surface area (Å²) in [6.07, 6.45) is 2.23. The molecule has 1 saturated heterocycles. The molecule has 1 fully saturated rings. The minimum absolute atomic E-state index is 0.158. The fraction of sp³-hybridized carbons (Fsp3) is 0.286. The second kappa shape index (κ2) is 9.94. The smallest absolute Gasteiger partial charge is 0.261 e. The van der Waals surface area contributed by atoms with E-state index in [9.17, 15) is 9.59 Å². The summed E-state index contributed by atoms with van der Waals surface area (Å²) in [5.41, 5.74) is 3.76. The lowest BCUT2D eigenvalue weighted by molar-refractivity contribution is 0.0632. The second-order valence-corrected chi connectivity index (χ2v) is 10.1. The highest BCUT2D eigenvalue weighted by atomic mass is 32.2. The van der Waals surface area contributed by atoms with E-state index in [1.54, 1.807) is 12.1 Å². The third-order valence-electron chi connectivity index (χ3n) is 6.59. The number of likely N-dealkylation sites (tertiary alicyclic amines) is 1. The van der Waals surface area contributed by atoms with Gasteiger partial charge in [0.05, 0.1) is 16.4 Å². The van der Waals surface area contributed by atoms with Gasteiger partial charge in [-0.25, -0.2) is 0 Å². The standard InChI is InChI=1S/C28H28N2O2S/c31-27-24-13-7-8-14-25(24)28(32)30(27)20-19-29-17-15-23(16-18-29)33-26(21-9-3-1-4-10-21)22-11-5-2-6-12-22/h1-14,23,26H,15-20H2. The molecule has 33 heavy (non-hydrogen) atoms. The van der Waals surface area contributed by atoms with Crippen molar-refractivity contribution in [2.45, 2.75) is 23.3 Å². The van der Waals surface area contributed by atoms with Crippen LogP contribution in [0.25, 0.3) is 0 Å². The van der Waals surface area contributed by atoms with Gasteiger partial charge in [0, 0.05) is 18.3 Å². The molecule has 5 heteroatoms. The summed E-state index contributed by atoms with van der Waals surface area (Å²) < 4.78 is 0. The van der Waals surface area contributed by atoms with Crippen LogP contribution >= 0.6 is 11.8 Å². The van der Waals surface area contributed by atoms with Gasteiger partial charge in [0.15, 0.2) is 0 Å². The molecule has 0 spiro atoms. The molecule has 3 aromatic rings. The number of piperidine rings is 1. The zero-order chi connectivity index (χ0) is 22.6. The highest BCUT2D eigenvalue weighted by molar-refractivity contribution is 8.00. The van der Waals surface area contributed by atoms with E-state index in [-0.39, 0.29) is 11.8 Å². The third kappa shape index (κ3) is 4.75. The van der Waals surface area contributed by atoms with Gasteiger partial charge in [-0.05, 0) is 49.2 Å². The number of nitrogens with zero attached hydrogens (tertiary/aromatic N) is 2. The number of hydrogen-bond acceptors (Lipinski definition) is 4. The number of carbonyl (C=O) groups is 2. The average molecular weight is 457 g/mol. The average Bonchev–Trinajstić information content (AvgIpc) is 3.12. The number of benzene rings is 3. The van der Waals surface area contributed by atoms with Crippen molar-refractivity contribution in [1.29, 1.82) is 0 Å². The Bertz CT molecular complexity index is 1040. The third-order valence-corrected chi connectivity index (χ3v) is 8.26. The highest BCUT2D eigenvalue weighted by Gasteiger charge is 2.35. The quantitative estimate of drug-likeness (QED) is 0.454. The van der Waals surface area contributed by atoms with Gasteiger partial charge >= 0.3 is 0 Å². The van der Waals surface area contributed by atoms with E-state index in [1.165, 1.54) is 16.0 Å². The molecule has 0 unspecified atom stereocenters. The minimum atomic E-state index is -0.158. The molecule has 2 amide bonds. The van der Waals surface area contributed by atoms with Gasteiger partial charge in [-0.15, -0.1) is 11.8 Å². The van der Waals surface area contributed by atoms with E-state index in [1.807, 2.05) is 12.1 Å². The molecule has 0 aliphatic carbocycles. The van der Waals surface area contributed by atoms with Crippen LogP contribution in [0.2, 0.25) is 0 Å². The van der Waals surface area contributed by atoms with Crippen molar-refractivity contribution in [2.75, 3.05) is 26.2 Å². The van der Waals surface area contributed by atoms with Gasteiger partial charge in [0.1, 0.15) is 0 Å². The Balaban J connectivity index is 1.17. The fourth-order valence-electron chi connectivity index (χ4n) is 4.75. The van der Waals surface area contributed by atoms with Crippen LogP contribution in [-0.2, 0) is 0 Å². The predicted octanol–water partition coefficient (Wildman–Crippen LogP) is 5.27. The molecule has 0 N–H and O–H groups in total. The molecule has 168 valence electrons. The number of imide groups is 1. The molecule has 0 saturated carbocycles. The Morgan fingerprint density at radius 1 is 0.697 bits per heavy atom. The Hall–Kier alpha value is -2.89. The summed E-state index contributed by atoms with van der Waals surface area (Å²) in [7, 11) is 0. The number of amides is 2. The van der Waals surface area contributed by atoms with Gasteiger partial charge < -0.3 is 4.90 Å². The van der Waals surface area contributed by atoms with Crippen molar-refractivity contribution in [2.24, 2.45) is 0 Å². The number of carbonyl (C=O) groups excluding carboxylic acids is 2. The van der Waals surface area contributed by atoms with Crippen molar-refractivity contribution < 1.29 is 9.59 Å². The van der Waals surface area contributed by atoms with Gasteiger partial charge in [0.2, 0.25) is 0 Å². The molecule has 4 nitrogen and oxygen atoms in total. The second-order valence-electron chi connectivity index (χ2n) is 8.69. The van der Waals surface area contributed by atoms with Crippen LogP contribution in [-0.4, -0.2) is 53.0 Å². The van der Waals surface area contributed by atoms with Crippen molar-refractivity contribution >= 4 is 23.6 Å². The number of rotatable bonds is 7. The Morgan fingerprint density at radius 2 is 1.18 bits per heavy atom. The molecule has 0 bridgehead atoms. The molecular weight excluding hydrogens is 428 g/mol. The first kappa shape index (κ1) is 21.9. The van der Waals surface area contributed by atoms with Crippen molar-refractivity contribution in [3.63, 3.8) is 0 Å². The van der Waals surface area contributed by atoms with Crippen LogP contribution < -0.4 is 0 Å². The highest BCUT2D eigenvalue weighted by Crippen LogP contribution is 2.41. The molecule has 0 atom stereocenters. The topological polar surface area (TPSA) is 40.6 Å². The lowest BCUT2D eigenvalue weighted by Gasteiger charge is -2.34. The van der Waals surface area contributed by atoms with E-state index in [2.05, 4.69) is 77.3 Å². The Morgan fingerprint density at radius 3 is 1.70 bits per heavy atom. The van der Waals surface area contributed by atoms with E-state index in [0.29, 0.717) is 28.2 Å². The van der Waals surface area contributed by atoms with Crippen LogP contribution in [0, 0.1) is 0 Å². The normalized spacial score (nSPS) is 17.1. The minimum Gasteiger partial charge on any atom is -0.301 e. The monoisotopic (exact) mass is 456 g/mol. The Labute approximate surface area is 199 Å². The summed E-state index contributed by atoms with van der Waals surface area (Å²) in [4.78, 5) is 29.0. The lowest BCUT2D eigenvalue weighted by Crippen LogP contribution is -2.42. The van der Waals surface area contributed by atoms with Gasteiger partial charge in [-0.3, -0.25) is 14.5 Å². The molecule has 0 radical (unpaired) electrons. The largest absolute Gasteiger partial charge is 0.301 e. The maximum atomic E-state index is 12.6. The van der Waals surface area contributed by atoms with E-state index < -0.39 is 0 Å². The van der Waals surface area contributed by atoms with Gasteiger partial charge in [0.25, 0.3) is 11.8 Å². The van der Waals surface area contributed by atoms with E-state index in [0.717, 1.165) is 32.5 Å². The first-order valence-electron chi connectivity index (χ1n) is 11.6. The molecule has 5 rings (SSSR count). The Kier molecular flexibility index (Phi) is 6.60. The molecular formula is C28H28N2O2S. The first-order valence-corrected chi connectivity index (χ1v) is 12.6. The number of thioether (sulfide) groups is 1. The molecule has 2 aliphatic heterocycles. The molecule has 0 aromatic heterocycles. The zero-order valence-corrected chi connectivity index (χ0v) is 19.4. The summed E-state index contributed by atoms with van der Waals surface area (Å²) in [5.74, 6) is -0.316. The molecule has 3 aromatic carbocycles. The predicted molar refractivity (Wildman–Crippen MR) is 134 cm³/mol. The van der Waals surface area contributed by atoms with Crippen molar-refractivity contribution in [1.82, 2.24) is 9.80 Å². The van der Waals surface area contributed by atoms with Crippen molar-refractivity contribution in [3.8, 4) is 0 Å². The number of fused-ring (bicyclic) bond motifs is 1. The zero-order valence-electron chi connectivity index (χ0n) is 18.6. The van der Waals surface area contributed by atoms with Crippen molar-refractivity contribution in [3.05, 3.63) is 107 Å². The molecule has 2 heterocycles. The van der Waals surface area contributed by atoms with Crippen LogP contribution in [0.5, 0.6) is 0 Å². The van der Waals surface area contributed by atoms with E-state index in [4.69, 9.17) is 0 Å². The first-order chi connectivity index (χ1) is 16.2.